The van der Waals surface area contributed by atoms with Crippen LogP contribution in [-0.4, -0.2) is 19.2 Å². The van der Waals surface area contributed by atoms with Crippen molar-refractivity contribution in [3.63, 3.8) is 0 Å². The van der Waals surface area contributed by atoms with Gasteiger partial charge in [-0.15, -0.1) is 0 Å². The topological polar surface area (TPSA) is 67.5 Å². The molecule has 9 rings (SSSR count). The molecular weight excluding hydrogens is 702 g/mol. The fraction of sp³-hybridized carbons (Fsp3) is 0.0784. The lowest BCUT2D eigenvalue weighted by atomic mass is 9.89. The Kier molecular flexibility index (Phi) is 9.31. The zero-order valence-electron chi connectivity index (χ0n) is 31.5. The van der Waals surface area contributed by atoms with Crippen LogP contribution in [0.25, 0.3) is 65.3 Å². The van der Waals surface area contributed by atoms with Crippen molar-refractivity contribution in [2.45, 2.75) is 12.7 Å². The number of nitrogens with one attached hydrogen (secondary N) is 1. The van der Waals surface area contributed by atoms with Crippen LogP contribution >= 0.6 is 7.14 Å². The lowest BCUT2D eigenvalue weighted by molar-refractivity contribution is 0.555. The molecule has 0 aromatic heterocycles. The highest BCUT2D eigenvalue weighted by molar-refractivity contribution is 7.70. The van der Waals surface area contributed by atoms with Crippen molar-refractivity contribution >= 4 is 61.4 Å². The second kappa shape index (κ2) is 14.7. The van der Waals surface area contributed by atoms with Crippen molar-refractivity contribution in [3.8, 4) is 22.3 Å². The standard InChI is InChI=1S/C51H42N3OP/c1-56(2,55)44-19-11-18-38(31-44)37-17-10-12-34(28-37)33-53-51(54-50(52)36-14-4-3-5-15-36)43-25-23-39-29-42(24-22-40(39)30-43)49-46-21-9-7-16-41(46)32-48-45-20-8-6-13-35(45)26-27-47(48)49/h3-32,51,53H,33H2,1-2H3,(H2,52,54). The molecule has 56 heavy (non-hydrogen) atoms. The summed E-state index contributed by atoms with van der Waals surface area (Å²) in [6.07, 6.45) is -0.396. The SMILES string of the molecule is CP(C)(=O)c1cccc(-c2cccc(CNC(N=C(N)c3ccccc3)c3ccc4cc(-c5c6ccccc6cc6c5ccc5ccccc56)ccc4c3)c2)c1. The minimum atomic E-state index is -2.38. The molecule has 3 N–H and O–H groups in total. The largest absolute Gasteiger partial charge is 0.383 e. The molecule has 0 fully saturated rings. The molecule has 5 heteroatoms. The Balaban J connectivity index is 1.08. The van der Waals surface area contributed by atoms with Crippen LogP contribution in [0.1, 0.15) is 22.9 Å². The number of nitrogens with two attached hydrogens (primary N) is 1. The van der Waals surface area contributed by atoms with E-state index in [1.165, 1.54) is 43.4 Å². The van der Waals surface area contributed by atoms with Crippen LogP contribution in [0.3, 0.4) is 0 Å². The molecule has 4 nitrogen and oxygen atoms in total. The summed E-state index contributed by atoms with van der Waals surface area (Å²) >= 11 is 0. The van der Waals surface area contributed by atoms with Crippen molar-refractivity contribution in [1.29, 1.82) is 0 Å². The van der Waals surface area contributed by atoms with Gasteiger partial charge in [0.05, 0.1) is 0 Å². The predicted molar refractivity (Wildman–Crippen MR) is 240 cm³/mol. The highest BCUT2D eigenvalue weighted by Gasteiger charge is 2.16. The van der Waals surface area contributed by atoms with Crippen LogP contribution in [0.2, 0.25) is 0 Å². The predicted octanol–water partition coefficient (Wildman–Crippen LogP) is 12.1. The summed E-state index contributed by atoms with van der Waals surface area (Å²) in [4.78, 5) is 5.07. The number of hydrogen-bond acceptors (Lipinski definition) is 3. The monoisotopic (exact) mass is 743 g/mol. The van der Waals surface area contributed by atoms with Crippen LogP contribution < -0.4 is 16.4 Å². The molecule has 1 atom stereocenters. The summed E-state index contributed by atoms with van der Waals surface area (Å²) in [5, 5.41) is 14.4. The Morgan fingerprint density at radius 3 is 2.05 bits per heavy atom. The van der Waals surface area contributed by atoms with Crippen molar-refractivity contribution in [2.24, 2.45) is 10.7 Å². The summed E-state index contributed by atoms with van der Waals surface area (Å²) in [5.41, 5.74) is 14.3. The Hall–Kier alpha value is -6.32. The lowest BCUT2D eigenvalue weighted by Crippen LogP contribution is -2.24. The summed E-state index contributed by atoms with van der Waals surface area (Å²) in [6, 6.07) is 64.0. The number of hydrogen-bond donors (Lipinski definition) is 2. The third kappa shape index (κ3) is 7.02. The van der Waals surface area contributed by atoms with E-state index < -0.39 is 13.3 Å². The Morgan fingerprint density at radius 2 is 1.23 bits per heavy atom. The third-order valence-electron chi connectivity index (χ3n) is 10.8. The summed E-state index contributed by atoms with van der Waals surface area (Å²) in [6.45, 7) is 4.20. The first kappa shape index (κ1) is 35.4. The maximum Gasteiger partial charge on any atom is 0.128 e. The number of benzene rings is 9. The average molecular weight is 744 g/mol. The maximum atomic E-state index is 12.8. The minimum absolute atomic E-state index is 0.396. The fourth-order valence-corrected chi connectivity index (χ4v) is 8.77. The number of rotatable bonds is 9. The minimum Gasteiger partial charge on any atom is -0.383 e. The molecule has 0 heterocycles. The smallest absolute Gasteiger partial charge is 0.128 e. The molecule has 0 amide bonds. The number of fused-ring (bicyclic) bond motifs is 5. The highest BCUT2D eigenvalue weighted by Crippen LogP contribution is 2.40. The molecule has 0 aliphatic heterocycles. The van der Waals surface area contributed by atoms with Gasteiger partial charge in [0.1, 0.15) is 19.1 Å². The van der Waals surface area contributed by atoms with Gasteiger partial charge in [0.15, 0.2) is 0 Å². The van der Waals surface area contributed by atoms with Gasteiger partial charge in [-0.3, -0.25) is 5.32 Å². The fourth-order valence-electron chi connectivity index (χ4n) is 7.88. The first-order valence-corrected chi connectivity index (χ1v) is 21.6. The summed E-state index contributed by atoms with van der Waals surface area (Å²) in [5.74, 6) is 0.475. The third-order valence-corrected chi connectivity index (χ3v) is 12.3. The highest BCUT2D eigenvalue weighted by atomic mass is 31.2. The van der Waals surface area contributed by atoms with Crippen molar-refractivity contribution in [2.75, 3.05) is 13.3 Å². The van der Waals surface area contributed by atoms with E-state index in [0.29, 0.717) is 12.4 Å². The zero-order valence-corrected chi connectivity index (χ0v) is 32.4. The van der Waals surface area contributed by atoms with Gasteiger partial charge in [-0.2, -0.15) is 0 Å². The zero-order chi connectivity index (χ0) is 38.2. The van der Waals surface area contributed by atoms with E-state index in [4.69, 9.17) is 10.7 Å². The average Bonchev–Trinajstić information content (AvgIpc) is 3.24. The molecule has 1 unspecified atom stereocenters. The second-order valence-electron chi connectivity index (χ2n) is 14.9. The van der Waals surface area contributed by atoms with E-state index in [1.807, 2.05) is 61.9 Å². The Bertz CT molecular complexity index is 3000. The molecule has 0 saturated heterocycles. The van der Waals surface area contributed by atoms with Crippen molar-refractivity contribution in [3.05, 3.63) is 199 Å². The first-order valence-electron chi connectivity index (χ1n) is 19.0. The van der Waals surface area contributed by atoms with Gasteiger partial charge in [-0.1, -0.05) is 152 Å². The number of amidine groups is 1. The van der Waals surface area contributed by atoms with Gasteiger partial charge < -0.3 is 10.3 Å². The second-order valence-corrected chi connectivity index (χ2v) is 18.2. The van der Waals surface area contributed by atoms with E-state index in [2.05, 4.69) is 139 Å². The van der Waals surface area contributed by atoms with E-state index in [9.17, 15) is 4.57 Å². The molecule has 0 aliphatic rings. The van der Waals surface area contributed by atoms with Gasteiger partial charge >= 0.3 is 0 Å². The number of nitrogens with zero attached hydrogens (tertiary/aromatic N) is 1. The quantitative estimate of drug-likeness (QED) is 0.0508. The molecule has 0 aliphatic carbocycles. The van der Waals surface area contributed by atoms with Crippen LogP contribution in [0.4, 0.5) is 0 Å². The molecular formula is C51H42N3OP. The van der Waals surface area contributed by atoms with Gasteiger partial charge in [-0.25, -0.2) is 4.99 Å². The summed E-state index contributed by atoms with van der Waals surface area (Å²) < 4.78 is 12.8. The van der Waals surface area contributed by atoms with Crippen LogP contribution in [0.15, 0.2) is 187 Å². The van der Waals surface area contributed by atoms with E-state index >= 15 is 0 Å². The molecule has 0 bridgehead atoms. The molecule has 9 aromatic carbocycles. The number of aliphatic imine (C=N–C) groups is 1. The van der Waals surface area contributed by atoms with Crippen LogP contribution in [0.5, 0.6) is 0 Å². The maximum absolute atomic E-state index is 12.8. The van der Waals surface area contributed by atoms with E-state index in [1.54, 1.807) is 0 Å². The van der Waals surface area contributed by atoms with E-state index in [-0.39, 0.29) is 0 Å². The van der Waals surface area contributed by atoms with Crippen molar-refractivity contribution < 1.29 is 4.57 Å². The van der Waals surface area contributed by atoms with Gasteiger partial charge in [-0.05, 0) is 120 Å². The van der Waals surface area contributed by atoms with Crippen LogP contribution in [-0.2, 0) is 11.1 Å². The molecule has 0 spiro atoms. The van der Waals surface area contributed by atoms with Gasteiger partial charge in [0.25, 0.3) is 0 Å². The van der Waals surface area contributed by atoms with Gasteiger partial charge in [0.2, 0.25) is 0 Å². The molecule has 0 saturated carbocycles. The normalized spacial score (nSPS) is 12.8. The molecule has 0 radical (unpaired) electrons. The lowest BCUT2D eigenvalue weighted by Gasteiger charge is -2.18. The van der Waals surface area contributed by atoms with Gasteiger partial charge in [0, 0.05) is 17.4 Å². The Labute approximate surface area is 327 Å². The molecule has 272 valence electrons. The first-order chi connectivity index (χ1) is 27.3. The Morgan fingerprint density at radius 1 is 0.554 bits per heavy atom. The van der Waals surface area contributed by atoms with Crippen molar-refractivity contribution in [1.82, 2.24) is 5.32 Å². The summed E-state index contributed by atoms with van der Waals surface area (Å²) in [7, 11) is -2.38. The molecule has 9 aromatic rings. The van der Waals surface area contributed by atoms with E-state index in [0.717, 1.165) is 43.9 Å². The van der Waals surface area contributed by atoms with Crippen LogP contribution in [0, 0.1) is 0 Å².